The van der Waals surface area contributed by atoms with E-state index in [0.29, 0.717) is 17.8 Å². The molecule has 0 spiro atoms. The van der Waals surface area contributed by atoms with E-state index in [1.807, 2.05) is 10.9 Å². The number of nitrogens with zero attached hydrogens (tertiary/aromatic N) is 4. The van der Waals surface area contributed by atoms with E-state index in [2.05, 4.69) is 40.5 Å². The number of likely N-dealkylation sites (tertiary alicyclic amines) is 1. The fourth-order valence-corrected chi connectivity index (χ4v) is 3.72. The second kappa shape index (κ2) is 7.92. The Morgan fingerprint density at radius 2 is 2.12 bits per heavy atom. The van der Waals surface area contributed by atoms with E-state index in [1.54, 1.807) is 0 Å². The molecule has 1 saturated carbocycles. The Morgan fingerprint density at radius 1 is 1.33 bits per heavy atom. The molecule has 1 saturated heterocycles. The molecular weight excluding hydrogens is 302 g/mol. The molecule has 1 aromatic heterocycles. The molecule has 1 aliphatic carbocycles. The average Bonchev–Trinajstić information content (AvgIpc) is 3.26. The number of allylic oxidation sites excluding steroid dienone is 1. The van der Waals surface area contributed by atoms with Gasteiger partial charge in [-0.15, -0.1) is 5.10 Å². The standard InChI is InChI=1S/C18H29N5O/c1-3-14(2)11-22-10-6-9-16(12-22)23-13-17(20-21-23)18(24)19-15-7-4-5-8-15/h3,13,15-16H,4-12H2,1-2H3,(H,19,24)/b14-3+/t16-/m1/s1. The number of carbonyl (C=O) groups excluding carboxylic acids is 1. The van der Waals surface area contributed by atoms with Crippen molar-refractivity contribution in [2.75, 3.05) is 19.6 Å². The van der Waals surface area contributed by atoms with Crippen LogP contribution in [0.25, 0.3) is 0 Å². The van der Waals surface area contributed by atoms with E-state index in [0.717, 1.165) is 45.3 Å². The molecule has 0 aromatic carbocycles. The summed E-state index contributed by atoms with van der Waals surface area (Å²) in [7, 11) is 0. The van der Waals surface area contributed by atoms with Gasteiger partial charge in [-0.3, -0.25) is 9.69 Å². The Balaban J connectivity index is 1.58. The molecule has 6 heteroatoms. The van der Waals surface area contributed by atoms with Crippen LogP contribution in [0.2, 0.25) is 0 Å². The summed E-state index contributed by atoms with van der Waals surface area (Å²) in [6.07, 6.45) is 10.8. The monoisotopic (exact) mass is 331 g/mol. The van der Waals surface area contributed by atoms with Crippen LogP contribution in [0, 0.1) is 0 Å². The summed E-state index contributed by atoms with van der Waals surface area (Å²) >= 11 is 0. The number of carbonyl (C=O) groups is 1. The van der Waals surface area contributed by atoms with Crippen molar-refractivity contribution in [3.8, 4) is 0 Å². The van der Waals surface area contributed by atoms with Crippen LogP contribution in [-0.2, 0) is 0 Å². The maximum absolute atomic E-state index is 12.3. The maximum Gasteiger partial charge on any atom is 0.273 e. The molecule has 2 fully saturated rings. The molecule has 0 bridgehead atoms. The van der Waals surface area contributed by atoms with Gasteiger partial charge in [0.15, 0.2) is 5.69 Å². The summed E-state index contributed by atoms with van der Waals surface area (Å²) < 4.78 is 1.89. The first-order valence-corrected chi connectivity index (χ1v) is 9.22. The van der Waals surface area contributed by atoms with Gasteiger partial charge in [0.2, 0.25) is 0 Å². The number of amides is 1. The van der Waals surface area contributed by atoms with Crippen molar-refractivity contribution in [1.82, 2.24) is 25.2 Å². The summed E-state index contributed by atoms with van der Waals surface area (Å²) in [4.78, 5) is 14.8. The Labute approximate surface area is 144 Å². The zero-order chi connectivity index (χ0) is 16.9. The van der Waals surface area contributed by atoms with Crippen molar-refractivity contribution in [3.63, 3.8) is 0 Å². The summed E-state index contributed by atoms with van der Waals surface area (Å²) in [6.45, 7) is 7.37. The highest BCUT2D eigenvalue weighted by Gasteiger charge is 2.24. The van der Waals surface area contributed by atoms with Gasteiger partial charge in [0.05, 0.1) is 12.2 Å². The van der Waals surface area contributed by atoms with Gasteiger partial charge in [-0.1, -0.05) is 29.7 Å². The molecular formula is C18H29N5O. The van der Waals surface area contributed by atoms with Crippen LogP contribution in [0.1, 0.15) is 68.9 Å². The zero-order valence-electron chi connectivity index (χ0n) is 14.9. The molecule has 24 heavy (non-hydrogen) atoms. The zero-order valence-corrected chi connectivity index (χ0v) is 14.9. The van der Waals surface area contributed by atoms with Crippen LogP contribution in [0.4, 0.5) is 0 Å². The summed E-state index contributed by atoms with van der Waals surface area (Å²) in [5, 5.41) is 11.4. The van der Waals surface area contributed by atoms with E-state index < -0.39 is 0 Å². The Bertz CT molecular complexity index is 588. The van der Waals surface area contributed by atoms with E-state index in [4.69, 9.17) is 0 Å². The highest BCUT2D eigenvalue weighted by molar-refractivity contribution is 5.92. The first-order chi connectivity index (χ1) is 11.7. The molecule has 132 valence electrons. The normalized spacial score (nSPS) is 23.6. The Kier molecular flexibility index (Phi) is 5.66. The minimum Gasteiger partial charge on any atom is -0.348 e. The predicted molar refractivity (Wildman–Crippen MR) is 93.9 cm³/mol. The van der Waals surface area contributed by atoms with E-state index in [9.17, 15) is 4.79 Å². The third-order valence-electron chi connectivity index (χ3n) is 5.25. The highest BCUT2D eigenvalue weighted by atomic mass is 16.2. The minimum atomic E-state index is -0.0782. The average molecular weight is 331 g/mol. The Hall–Kier alpha value is -1.69. The lowest BCUT2D eigenvalue weighted by molar-refractivity contribution is 0.0932. The third kappa shape index (κ3) is 4.23. The van der Waals surface area contributed by atoms with E-state index in [-0.39, 0.29) is 5.91 Å². The van der Waals surface area contributed by atoms with Gasteiger partial charge in [0, 0.05) is 19.1 Å². The van der Waals surface area contributed by atoms with Gasteiger partial charge < -0.3 is 5.32 Å². The number of rotatable bonds is 5. The lowest BCUT2D eigenvalue weighted by atomic mass is 10.1. The van der Waals surface area contributed by atoms with Crippen molar-refractivity contribution in [2.45, 2.75) is 64.5 Å². The molecule has 1 amide bonds. The van der Waals surface area contributed by atoms with Crippen LogP contribution in [0.5, 0.6) is 0 Å². The van der Waals surface area contributed by atoms with Crippen LogP contribution >= 0.6 is 0 Å². The van der Waals surface area contributed by atoms with Crippen LogP contribution in [0.3, 0.4) is 0 Å². The molecule has 0 unspecified atom stereocenters. The van der Waals surface area contributed by atoms with Gasteiger partial charge in [0.25, 0.3) is 5.91 Å². The van der Waals surface area contributed by atoms with Gasteiger partial charge in [0.1, 0.15) is 0 Å². The van der Waals surface area contributed by atoms with Crippen molar-refractivity contribution in [2.24, 2.45) is 0 Å². The highest BCUT2D eigenvalue weighted by Crippen LogP contribution is 2.22. The largest absolute Gasteiger partial charge is 0.348 e. The van der Waals surface area contributed by atoms with Gasteiger partial charge >= 0.3 is 0 Å². The molecule has 1 atom stereocenters. The number of hydrogen-bond acceptors (Lipinski definition) is 4. The van der Waals surface area contributed by atoms with Crippen molar-refractivity contribution in [3.05, 3.63) is 23.5 Å². The fourth-order valence-electron chi connectivity index (χ4n) is 3.72. The van der Waals surface area contributed by atoms with E-state index >= 15 is 0 Å². The molecule has 1 aliphatic heterocycles. The SMILES string of the molecule is C/C=C(\C)CN1CCC[C@@H](n2cc(C(=O)NC3CCCC3)nn2)C1. The lowest BCUT2D eigenvalue weighted by Crippen LogP contribution is -2.37. The predicted octanol–water partition coefficient (Wildman–Crippen LogP) is 2.55. The molecule has 1 N–H and O–H groups in total. The van der Waals surface area contributed by atoms with Gasteiger partial charge in [-0.25, -0.2) is 4.68 Å². The quantitative estimate of drug-likeness (QED) is 0.842. The smallest absolute Gasteiger partial charge is 0.273 e. The third-order valence-corrected chi connectivity index (χ3v) is 5.25. The van der Waals surface area contributed by atoms with Crippen LogP contribution in [0.15, 0.2) is 17.8 Å². The molecule has 1 aromatic rings. The molecule has 3 rings (SSSR count). The molecule has 0 radical (unpaired) electrons. The second-order valence-corrected chi connectivity index (χ2v) is 7.20. The first-order valence-electron chi connectivity index (χ1n) is 9.22. The number of piperidine rings is 1. The van der Waals surface area contributed by atoms with Gasteiger partial charge in [-0.2, -0.15) is 0 Å². The summed E-state index contributed by atoms with van der Waals surface area (Å²) in [5.41, 5.74) is 1.84. The topological polar surface area (TPSA) is 63.1 Å². The second-order valence-electron chi connectivity index (χ2n) is 7.20. The lowest BCUT2D eigenvalue weighted by Gasteiger charge is -2.32. The number of hydrogen-bond donors (Lipinski definition) is 1. The fraction of sp³-hybridized carbons (Fsp3) is 0.722. The number of nitrogens with one attached hydrogen (secondary N) is 1. The molecule has 6 nitrogen and oxygen atoms in total. The number of aromatic nitrogens is 3. The summed E-state index contributed by atoms with van der Waals surface area (Å²) in [6, 6.07) is 0.626. The van der Waals surface area contributed by atoms with Crippen molar-refractivity contribution >= 4 is 5.91 Å². The van der Waals surface area contributed by atoms with Crippen LogP contribution < -0.4 is 5.32 Å². The molecule has 2 heterocycles. The Morgan fingerprint density at radius 3 is 2.88 bits per heavy atom. The van der Waals surface area contributed by atoms with Gasteiger partial charge in [-0.05, 0) is 46.1 Å². The molecule has 2 aliphatic rings. The van der Waals surface area contributed by atoms with Crippen LogP contribution in [-0.4, -0.2) is 51.5 Å². The minimum absolute atomic E-state index is 0.0782. The van der Waals surface area contributed by atoms with E-state index in [1.165, 1.54) is 18.4 Å². The summed E-state index contributed by atoms with van der Waals surface area (Å²) in [5.74, 6) is -0.0782. The first kappa shape index (κ1) is 17.1. The van der Waals surface area contributed by atoms with Crippen molar-refractivity contribution < 1.29 is 4.79 Å². The van der Waals surface area contributed by atoms with Crippen molar-refractivity contribution in [1.29, 1.82) is 0 Å². The maximum atomic E-state index is 12.3.